The number of carbonyl (C=O) groups is 1. The normalized spacial score (nSPS) is 11.7. The van der Waals surface area contributed by atoms with E-state index in [1.54, 1.807) is 29.5 Å². The number of carbonyl (C=O) groups excluding carboxylic acids is 1. The molecule has 0 aliphatic carbocycles. The molecule has 0 saturated heterocycles. The summed E-state index contributed by atoms with van der Waals surface area (Å²) in [5.41, 5.74) is 6.17. The van der Waals surface area contributed by atoms with Gasteiger partial charge in [0, 0.05) is 10.8 Å². The third-order valence-electron chi connectivity index (χ3n) is 3.27. The van der Waals surface area contributed by atoms with E-state index in [-0.39, 0.29) is 17.7 Å². The second-order valence-corrected chi connectivity index (χ2v) is 9.74. The van der Waals surface area contributed by atoms with Crippen LogP contribution in [-0.2, 0) is 22.4 Å². The van der Waals surface area contributed by atoms with Crippen molar-refractivity contribution in [2.24, 2.45) is 0 Å². The number of thiazole rings is 2. The highest BCUT2D eigenvalue weighted by atomic mass is 32.2. The maximum atomic E-state index is 12.0. The first-order valence-electron chi connectivity index (χ1n) is 7.83. The molecule has 3 aromatic rings. The molecule has 0 fully saturated rings. The summed E-state index contributed by atoms with van der Waals surface area (Å²) in [5, 5.41) is 5.58. The number of nitrogen functional groups attached to an aromatic ring is 1. The number of thioether (sulfide) groups is 1. The van der Waals surface area contributed by atoms with E-state index in [1.165, 1.54) is 22.7 Å². The zero-order valence-corrected chi connectivity index (χ0v) is 17.1. The molecule has 1 amide bonds. The SMILES string of the molecule is CC(C)(C)c1cnc(CSc2cnc(NC(=O)Cc3csc(N)n3)s2)o1. The number of anilines is 2. The topological polar surface area (TPSA) is 107 Å². The maximum Gasteiger partial charge on any atom is 0.232 e. The Morgan fingerprint density at radius 2 is 2.15 bits per heavy atom. The standard InChI is InChI=1S/C16H19N5O2S3/c1-16(2,3)10-5-18-12(23-10)8-24-13-6-19-15(26-13)21-11(22)4-9-7-25-14(17)20-9/h5-7H,4,8H2,1-3H3,(H2,17,20)(H,19,21,22). The monoisotopic (exact) mass is 409 g/mol. The fraction of sp³-hybridized carbons (Fsp3) is 0.375. The second-order valence-electron chi connectivity index (χ2n) is 6.54. The highest BCUT2D eigenvalue weighted by Gasteiger charge is 2.19. The molecule has 3 aromatic heterocycles. The van der Waals surface area contributed by atoms with Gasteiger partial charge in [0.15, 0.2) is 10.3 Å². The number of hydrogen-bond donors (Lipinski definition) is 2. The fourth-order valence-electron chi connectivity index (χ4n) is 1.97. The molecule has 3 heterocycles. The molecule has 0 bridgehead atoms. The van der Waals surface area contributed by atoms with Crippen LogP contribution in [0.15, 0.2) is 26.4 Å². The number of rotatable bonds is 6. The minimum atomic E-state index is -0.163. The Bertz CT molecular complexity index is 894. The van der Waals surface area contributed by atoms with E-state index in [9.17, 15) is 4.79 Å². The van der Waals surface area contributed by atoms with Gasteiger partial charge in [0.05, 0.1) is 34.5 Å². The molecule has 0 unspecified atom stereocenters. The maximum absolute atomic E-state index is 12.0. The molecule has 7 nitrogen and oxygen atoms in total. The molecular weight excluding hydrogens is 390 g/mol. The molecule has 0 aromatic carbocycles. The van der Waals surface area contributed by atoms with Gasteiger partial charge in [-0.05, 0) is 0 Å². The Morgan fingerprint density at radius 3 is 2.81 bits per heavy atom. The van der Waals surface area contributed by atoms with Crippen molar-refractivity contribution in [3.8, 4) is 0 Å². The van der Waals surface area contributed by atoms with Crippen LogP contribution in [0.1, 0.15) is 38.1 Å². The number of amides is 1. The van der Waals surface area contributed by atoms with Gasteiger partial charge in [0.2, 0.25) is 11.8 Å². The Labute approximate surface area is 163 Å². The molecule has 138 valence electrons. The van der Waals surface area contributed by atoms with E-state index in [0.29, 0.717) is 27.6 Å². The Balaban J connectivity index is 1.51. The number of aromatic nitrogens is 3. The van der Waals surface area contributed by atoms with Crippen LogP contribution in [0.3, 0.4) is 0 Å². The second kappa shape index (κ2) is 7.77. The van der Waals surface area contributed by atoms with Crippen LogP contribution in [0.5, 0.6) is 0 Å². The van der Waals surface area contributed by atoms with E-state index in [2.05, 4.69) is 41.0 Å². The van der Waals surface area contributed by atoms with Gasteiger partial charge in [0.25, 0.3) is 0 Å². The smallest absolute Gasteiger partial charge is 0.232 e. The van der Waals surface area contributed by atoms with Crippen molar-refractivity contribution < 1.29 is 9.21 Å². The van der Waals surface area contributed by atoms with Crippen LogP contribution >= 0.6 is 34.4 Å². The summed E-state index contributed by atoms with van der Waals surface area (Å²) in [6.45, 7) is 6.26. The number of nitrogens with two attached hydrogens (primary N) is 1. The van der Waals surface area contributed by atoms with Crippen LogP contribution in [0.25, 0.3) is 0 Å². The molecule has 26 heavy (non-hydrogen) atoms. The number of hydrogen-bond acceptors (Lipinski definition) is 9. The molecule has 0 radical (unpaired) electrons. The first kappa shape index (κ1) is 18.9. The minimum absolute atomic E-state index is 0.0557. The lowest BCUT2D eigenvalue weighted by molar-refractivity contribution is -0.115. The highest BCUT2D eigenvalue weighted by molar-refractivity contribution is 8.00. The summed E-state index contributed by atoms with van der Waals surface area (Å²) >= 11 is 4.31. The lowest BCUT2D eigenvalue weighted by Crippen LogP contribution is -2.14. The van der Waals surface area contributed by atoms with Gasteiger partial charge in [-0.15, -0.1) is 23.1 Å². The molecular formula is C16H19N5O2S3. The zero-order valence-electron chi connectivity index (χ0n) is 14.6. The Kier molecular flexibility index (Phi) is 5.64. The Morgan fingerprint density at radius 1 is 1.35 bits per heavy atom. The molecule has 0 aliphatic heterocycles. The Hall–Kier alpha value is -1.91. The van der Waals surface area contributed by atoms with Gasteiger partial charge in [-0.2, -0.15) is 0 Å². The summed E-state index contributed by atoms with van der Waals surface area (Å²) in [4.78, 5) is 24.6. The van der Waals surface area contributed by atoms with Crippen molar-refractivity contribution in [1.82, 2.24) is 15.0 Å². The van der Waals surface area contributed by atoms with Crippen molar-refractivity contribution >= 4 is 50.6 Å². The summed E-state index contributed by atoms with van der Waals surface area (Å²) in [7, 11) is 0. The number of nitrogens with zero attached hydrogens (tertiary/aromatic N) is 3. The van der Waals surface area contributed by atoms with Crippen LogP contribution in [0, 0.1) is 0 Å². The third kappa shape index (κ3) is 5.05. The quantitative estimate of drug-likeness (QED) is 0.594. The highest BCUT2D eigenvalue weighted by Crippen LogP contribution is 2.31. The van der Waals surface area contributed by atoms with Gasteiger partial charge in [0.1, 0.15) is 5.76 Å². The van der Waals surface area contributed by atoms with E-state index in [4.69, 9.17) is 10.2 Å². The van der Waals surface area contributed by atoms with Gasteiger partial charge < -0.3 is 15.5 Å². The third-order valence-corrected chi connectivity index (χ3v) is 6.09. The summed E-state index contributed by atoms with van der Waals surface area (Å²) in [5.74, 6) is 2.00. The van der Waals surface area contributed by atoms with Crippen LogP contribution in [-0.4, -0.2) is 20.9 Å². The van der Waals surface area contributed by atoms with Crippen LogP contribution < -0.4 is 11.1 Å². The largest absolute Gasteiger partial charge is 0.444 e. The molecule has 3 N–H and O–H groups in total. The first-order valence-corrected chi connectivity index (χ1v) is 10.5. The van der Waals surface area contributed by atoms with Crippen LogP contribution in [0.4, 0.5) is 10.3 Å². The van der Waals surface area contributed by atoms with Crippen molar-refractivity contribution in [2.45, 2.75) is 42.6 Å². The fourth-order valence-corrected chi connectivity index (χ4v) is 4.28. The average molecular weight is 410 g/mol. The van der Waals surface area contributed by atoms with Gasteiger partial charge in [-0.3, -0.25) is 4.79 Å². The van der Waals surface area contributed by atoms with E-state index in [0.717, 1.165) is 9.97 Å². The molecule has 0 saturated carbocycles. The zero-order chi connectivity index (χ0) is 18.7. The van der Waals surface area contributed by atoms with Crippen molar-refractivity contribution in [3.63, 3.8) is 0 Å². The van der Waals surface area contributed by atoms with E-state index < -0.39 is 0 Å². The minimum Gasteiger partial charge on any atom is -0.444 e. The van der Waals surface area contributed by atoms with Crippen molar-refractivity contribution in [1.29, 1.82) is 0 Å². The van der Waals surface area contributed by atoms with Crippen molar-refractivity contribution in [2.75, 3.05) is 11.1 Å². The van der Waals surface area contributed by atoms with Gasteiger partial charge in [-0.1, -0.05) is 32.1 Å². The lowest BCUT2D eigenvalue weighted by atomic mass is 9.94. The van der Waals surface area contributed by atoms with Gasteiger partial charge >= 0.3 is 0 Å². The number of nitrogens with one attached hydrogen (secondary N) is 1. The van der Waals surface area contributed by atoms with Gasteiger partial charge in [-0.25, -0.2) is 15.0 Å². The molecule has 0 aliphatic rings. The summed E-state index contributed by atoms with van der Waals surface area (Å²) in [6, 6.07) is 0. The molecule has 0 spiro atoms. The molecule has 3 rings (SSSR count). The van der Waals surface area contributed by atoms with Crippen molar-refractivity contribution in [3.05, 3.63) is 35.1 Å². The average Bonchev–Trinajstić information content (AvgIpc) is 3.26. The summed E-state index contributed by atoms with van der Waals surface area (Å²) < 4.78 is 6.76. The van der Waals surface area contributed by atoms with E-state index in [1.807, 2.05) is 0 Å². The van der Waals surface area contributed by atoms with Crippen LogP contribution in [0.2, 0.25) is 0 Å². The molecule has 10 heteroatoms. The first-order chi connectivity index (χ1) is 12.3. The number of oxazole rings is 1. The molecule has 0 atom stereocenters. The lowest BCUT2D eigenvalue weighted by Gasteiger charge is -2.12. The predicted octanol–water partition coefficient (Wildman–Crippen LogP) is 3.94. The summed E-state index contributed by atoms with van der Waals surface area (Å²) in [6.07, 6.45) is 3.69. The van der Waals surface area contributed by atoms with E-state index >= 15 is 0 Å². The predicted molar refractivity (Wildman–Crippen MR) is 106 cm³/mol.